The van der Waals surface area contributed by atoms with Gasteiger partial charge in [0.05, 0.1) is 4.92 Å². The second kappa shape index (κ2) is 8.21. The number of ether oxygens (including phenoxy) is 2. The predicted molar refractivity (Wildman–Crippen MR) is 88.1 cm³/mol. The minimum atomic E-state index is -1.46. The third-order valence-corrected chi connectivity index (χ3v) is 5.00. The summed E-state index contributed by atoms with van der Waals surface area (Å²) in [6.07, 6.45) is -2.58. The van der Waals surface area contributed by atoms with Gasteiger partial charge in [0.2, 0.25) is 0 Å². The molecule has 10 nitrogen and oxygen atoms in total. The molecule has 0 bridgehead atoms. The Balaban J connectivity index is 2.89. The molecule has 2 unspecified atom stereocenters. The molecule has 0 spiro atoms. The number of carbonyl (C=O) groups excluding carboxylic acids is 1. The molecule has 1 amide bonds. The van der Waals surface area contributed by atoms with Crippen molar-refractivity contribution in [3.05, 3.63) is 22.0 Å². The van der Waals surface area contributed by atoms with E-state index in [0.717, 1.165) is 12.2 Å². The Bertz CT molecular complexity index is 586. The van der Waals surface area contributed by atoms with Crippen LogP contribution in [0.15, 0.2) is 6.20 Å². The quantitative estimate of drug-likeness (QED) is 0.295. The molecule has 136 valence electrons. The summed E-state index contributed by atoms with van der Waals surface area (Å²) in [5, 5.41) is 25.3. The number of carbonyl (C=O) groups is 1. The first-order valence-corrected chi connectivity index (χ1v) is 11.2. The zero-order chi connectivity index (χ0) is 18.5. The normalized spacial score (nSPS) is 14.2. The molecule has 0 aromatic carbocycles. The van der Waals surface area contributed by atoms with E-state index >= 15 is 0 Å². The Labute approximate surface area is 140 Å². The fourth-order valence-electron chi connectivity index (χ4n) is 1.93. The van der Waals surface area contributed by atoms with Crippen LogP contribution in [0.4, 0.5) is 10.5 Å². The Morgan fingerprint density at radius 1 is 1.54 bits per heavy atom. The van der Waals surface area contributed by atoms with Crippen molar-refractivity contribution in [1.29, 1.82) is 0 Å². The van der Waals surface area contributed by atoms with Crippen LogP contribution in [0.3, 0.4) is 0 Å². The van der Waals surface area contributed by atoms with Gasteiger partial charge in [-0.25, -0.2) is 9.48 Å². The van der Waals surface area contributed by atoms with Gasteiger partial charge in [0, 0.05) is 14.7 Å². The van der Waals surface area contributed by atoms with Crippen LogP contribution in [0.1, 0.15) is 18.7 Å². The van der Waals surface area contributed by atoms with Crippen LogP contribution in [0.25, 0.3) is 0 Å². The Morgan fingerprint density at radius 2 is 2.17 bits per heavy atom. The molecule has 0 fully saturated rings. The van der Waals surface area contributed by atoms with Crippen LogP contribution >= 0.6 is 0 Å². The third kappa shape index (κ3) is 5.90. The van der Waals surface area contributed by atoms with Gasteiger partial charge in [0.15, 0.2) is 5.69 Å². The van der Waals surface area contributed by atoms with E-state index in [0.29, 0.717) is 6.61 Å². The first-order chi connectivity index (χ1) is 11.0. The molecule has 0 aliphatic heterocycles. The van der Waals surface area contributed by atoms with E-state index in [1.807, 2.05) is 0 Å². The molecule has 24 heavy (non-hydrogen) atoms. The molecule has 1 aromatic heterocycles. The Morgan fingerprint density at radius 3 is 2.67 bits per heavy atom. The maximum Gasteiger partial charge on any atom is 0.404 e. The summed E-state index contributed by atoms with van der Waals surface area (Å²) >= 11 is 0. The lowest BCUT2D eigenvalue weighted by Crippen LogP contribution is -2.28. The van der Waals surface area contributed by atoms with Crippen molar-refractivity contribution in [1.82, 2.24) is 9.78 Å². The summed E-state index contributed by atoms with van der Waals surface area (Å²) in [6, 6.07) is 0.926. The van der Waals surface area contributed by atoms with E-state index < -0.39 is 31.3 Å². The van der Waals surface area contributed by atoms with Gasteiger partial charge in [0.1, 0.15) is 25.1 Å². The molecule has 0 aliphatic carbocycles. The molecule has 0 aliphatic rings. The van der Waals surface area contributed by atoms with Gasteiger partial charge in [-0.2, -0.15) is 5.10 Å². The zero-order valence-electron chi connectivity index (χ0n) is 14.3. The van der Waals surface area contributed by atoms with Gasteiger partial charge in [-0.1, -0.05) is 19.6 Å². The lowest BCUT2D eigenvalue weighted by molar-refractivity contribution is -0.386. The fraction of sp³-hybridized carbons (Fsp3) is 0.692. The standard InChI is InChI=1S/C13H24N4O6Si/c1-9(23-13(14)19)12(18)11-10(17(20)21)7-15-16(11)8-22-5-6-24(2,3)4/h7,9,12,18H,5-6,8H2,1-4H3,(H2,14,19). The molecule has 1 aromatic rings. The number of primary amides is 1. The number of hydrogen-bond donors (Lipinski definition) is 2. The van der Waals surface area contributed by atoms with Crippen LogP contribution in [-0.4, -0.2) is 46.7 Å². The highest BCUT2D eigenvalue weighted by Crippen LogP contribution is 2.28. The first kappa shape index (κ1) is 20.1. The summed E-state index contributed by atoms with van der Waals surface area (Å²) in [7, 11) is -1.26. The predicted octanol–water partition coefficient (Wildman–Crippen LogP) is 1.62. The summed E-state index contributed by atoms with van der Waals surface area (Å²) in [4.78, 5) is 21.3. The van der Waals surface area contributed by atoms with Crippen LogP contribution in [0.2, 0.25) is 25.7 Å². The Kier molecular flexibility index (Phi) is 6.87. The van der Waals surface area contributed by atoms with E-state index in [4.69, 9.17) is 10.5 Å². The van der Waals surface area contributed by atoms with E-state index in [9.17, 15) is 20.0 Å². The van der Waals surface area contributed by atoms with E-state index in [-0.39, 0.29) is 18.1 Å². The van der Waals surface area contributed by atoms with Crippen molar-refractivity contribution in [3.8, 4) is 0 Å². The van der Waals surface area contributed by atoms with Crippen molar-refractivity contribution >= 4 is 19.9 Å². The number of aliphatic hydroxyl groups excluding tert-OH is 1. The van der Waals surface area contributed by atoms with Crippen molar-refractivity contribution in [2.45, 2.75) is 51.5 Å². The largest absolute Gasteiger partial charge is 0.443 e. The van der Waals surface area contributed by atoms with Crippen LogP contribution in [0, 0.1) is 10.1 Å². The maximum atomic E-state index is 11.1. The van der Waals surface area contributed by atoms with Crippen molar-refractivity contribution < 1.29 is 24.3 Å². The molecular weight excluding hydrogens is 336 g/mol. The van der Waals surface area contributed by atoms with Crippen LogP contribution in [0.5, 0.6) is 0 Å². The van der Waals surface area contributed by atoms with Crippen molar-refractivity contribution in [2.75, 3.05) is 6.61 Å². The number of nitrogens with zero attached hydrogens (tertiary/aromatic N) is 3. The Hall–Kier alpha value is -1.98. The van der Waals surface area contributed by atoms with Gasteiger partial charge in [0.25, 0.3) is 0 Å². The highest BCUT2D eigenvalue weighted by atomic mass is 28.3. The minimum Gasteiger partial charge on any atom is -0.443 e. The van der Waals surface area contributed by atoms with Gasteiger partial charge in [-0.3, -0.25) is 10.1 Å². The second-order valence-corrected chi connectivity index (χ2v) is 12.2. The fourth-order valence-corrected chi connectivity index (χ4v) is 2.69. The number of nitro groups is 1. The molecule has 0 radical (unpaired) electrons. The van der Waals surface area contributed by atoms with E-state index in [1.54, 1.807) is 0 Å². The number of rotatable bonds is 9. The van der Waals surface area contributed by atoms with Gasteiger partial charge in [-0.05, 0) is 13.0 Å². The second-order valence-electron chi connectivity index (χ2n) is 6.61. The number of hydrogen-bond acceptors (Lipinski definition) is 7. The lowest BCUT2D eigenvalue weighted by atomic mass is 10.1. The average molecular weight is 360 g/mol. The molecule has 2 atom stereocenters. The summed E-state index contributed by atoms with van der Waals surface area (Å²) < 4.78 is 11.4. The minimum absolute atomic E-state index is 0.0476. The van der Waals surface area contributed by atoms with E-state index in [1.165, 1.54) is 11.6 Å². The first-order valence-electron chi connectivity index (χ1n) is 7.45. The number of aromatic nitrogens is 2. The summed E-state index contributed by atoms with van der Waals surface area (Å²) in [6.45, 7) is 8.43. The molecule has 1 rings (SSSR count). The molecule has 1 heterocycles. The maximum absolute atomic E-state index is 11.1. The summed E-state index contributed by atoms with van der Waals surface area (Å²) in [5.74, 6) is 0. The molecule has 11 heteroatoms. The smallest absolute Gasteiger partial charge is 0.404 e. The van der Waals surface area contributed by atoms with Gasteiger partial charge in [-0.15, -0.1) is 0 Å². The SMILES string of the molecule is CC(OC(N)=O)C(O)c1c([N+](=O)[O-])cnn1COCC[Si](C)(C)C. The number of amides is 1. The average Bonchev–Trinajstić information content (AvgIpc) is 2.84. The molecular formula is C13H24N4O6Si. The van der Waals surface area contributed by atoms with Gasteiger partial charge < -0.3 is 20.3 Å². The van der Waals surface area contributed by atoms with Crippen molar-refractivity contribution in [3.63, 3.8) is 0 Å². The van der Waals surface area contributed by atoms with Gasteiger partial charge >= 0.3 is 11.8 Å². The highest BCUT2D eigenvalue weighted by Gasteiger charge is 2.32. The topological polar surface area (TPSA) is 143 Å². The summed E-state index contributed by atoms with van der Waals surface area (Å²) in [5.41, 5.74) is 4.44. The molecule has 0 saturated heterocycles. The highest BCUT2D eigenvalue weighted by molar-refractivity contribution is 6.76. The lowest BCUT2D eigenvalue weighted by Gasteiger charge is -2.19. The van der Waals surface area contributed by atoms with Crippen molar-refractivity contribution in [2.24, 2.45) is 5.73 Å². The monoisotopic (exact) mass is 360 g/mol. The number of nitrogens with two attached hydrogens (primary N) is 1. The van der Waals surface area contributed by atoms with Crippen LogP contribution < -0.4 is 5.73 Å². The number of aliphatic hydroxyl groups is 1. The van der Waals surface area contributed by atoms with Crippen LogP contribution in [-0.2, 0) is 16.2 Å². The zero-order valence-corrected chi connectivity index (χ0v) is 15.3. The molecule has 3 N–H and O–H groups in total. The third-order valence-electron chi connectivity index (χ3n) is 3.29. The van der Waals surface area contributed by atoms with E-state index in [2.05, 4.69) is 29.5 Å². The molecule has 0 saturated carbocycles.